The van der Waals surface area contributed by atoms with Crippen molar-refractivity contribution in [2.24, 2.45) is 0 Å². The number of nitrogens with one attached hydrogen (secondary N) is 1. The van der Waals surface area contributed by atoms with E-state index in [1.54, 1.807) is 19.9 Å². The zero-order valence-corrected chi connectivity index (χ0v) is 20.7. The Morgan fingerprint density at radius 2 is 1.81 bits per heavy atom. The van der Waals surface area contributed by atoms with Gasteiger partial charge in [-0.25, -0.2) is 18.7 Å². The topological polar surface area (TPSA) is 58.0 Å². The molecule has 0 radical (unpaired) electrons. The van der Waals surface area contributed by atoms with E-state index in [9.17, 15) is 18.3 Å². The van der Waals surface area contributed by atoms with E-state index < -0.39 is 34.8 Å². The van der Waals surface area contributed by atoms with Crippen molar-refractivity contribution in [3.63, 3.8) is 0 Å². The average Bonchev–Trinajstić information content (AvgIpc) is 2.66. The van der Waals surface area contributed by atoms with Gasteiger partial charge in [0.1, 0.15) is 28.6 Å². The molecule has 3 aromatic rings. The number of benzene rings is 2. The lowest BCUT2D eigenvalue weighted by Gasteiger charge is -2.30. The molecule has 1 atom stereocenters. The number of fused-ring (bicyclic) bond motifs is 1. The fourth-order valence-electron chi connectivity index (χ4n) is 3.13. The predicted molar refractivity (Wildman–Crippen MR) is 123 cm³/mol. The van der Waals surface area contributed by atoms with Crippen molar-refractivity contribution in [1.29, 1.82) is 0 Å². The minimum atomic E-state index is -3.81. The molecule has 10 heteroatoms. The Balaban J connectivity index is 2.08. The summed E-state index contributed by atoms with van der Waals surface area (Å²) in [6.45, 7) is 5.01. The number of hydrogen-bond donors (Lipinski definition) is 2. The zero-order chi connectivity index (χ0) is 23.3. The molecule has 0 bridgehead atoms. The molecular formula is C21H19BrF4IN3O. The number of rotatable bonds is 5. The van der Waals surface area contributed by atoms with Crippen LogP contribution in [0.25, 0.3) is 10.9 Å². The second kappa shape index (κ2) is 8.43. The molecule has 0 saturated heterocycles. The fraction of sp³-hybridized carbons (Fsp3) is 0.333. The van der Waals surface area contributed by atoms with Gasteiger partial charge in [-0.2, -0.15) is 8.78 Å². The molecule has 2 N–H and O–H groups in total. The van der Waals surface area contributed by atoms with Gasteiger partial charge in [-0.3, -0.25) is 0 Å². The molecule has 0 amide bonds. The number of anilines is 1. The third-order valence-corrected chi connectivity index (χ3v) is 7.26. The van der Waals surface area contributed by atoms with Gasteiger partial charge in [0.15, 0.2) is 5.82 Å². The van der Waals surface area contributed by atoms with Crippen molar-refractivity contribution in [3.8, 4) is 0 Å². The summed E-state index contributed by atoms with van der Waals surface area (Å²) in [6.07, 6.45) is 0. The molecule has 0 fully saturated rings. The highest BCUT2D eigenvalue weighted by atomic mass is 127. The number of aliphatic hydroxyl groups is 1. The molecule has 0 spiro atoms. The Morgan fingerprint density at radius 3 is 2.42 bits per heavy atom. The van der Waals surface area contributed by atoms with E-state index in [1.807, 2.05) is 22.6 Å². The quantitative estimate of drug-likeness (QED) is 0.193. The predicted octanol–water partition coefficient (Wildman–Crippen LogP) is 6.62. The van der Waals surface area contributed by atoms with Crippen LogP contribution in [0.15, 0.2) is 28.7 Å². The smallest absolute Gasteiger partial charge is 0.303 e. The number of alkyl halides is 2. The molecule has 2 aromatic carbocycles. The van der Waals surface area contributed by atoms with Gasteiger partial charge < -0.3 is 10.4 Å². The number of hydrogen-bond acceptors (Lipinski definition) is 4. The molecule has 0 aliphatic rings. The van der Waals surface area contributed by atoms with E-state index in [4.69, 9.17) is 0 Å². The molecule has 0 unspecified atom stereocenters. The Hall–Kier alpha value is -1.53. The summed E-state index contributed by atoms with van der Waals surface area (Å²) >= 11 is 5.14. The third kappa shape index (κ3) is 4.38. The molecule has 31 heavy (non-hydrogen) atoms. The summed E-state index contributed by atoms with van der Waals surface area (Å²) in [7, 11) is 0. The molecule has 0 saturated carbocycles. The van der Waals surface area contributed by atoms with Crippen LogP contribution in [-0.2, 0) is 5.92 Å². The Morgan fingerprint density at radius 1 is 1.16 bits per heavy atom. The van der Waals surface area contributed by atoms with E-state index in [1.165, 1.54) is 12.1 Å². The Labute approximate surface area is 198 Å². The normalized spacial score (nSPS) is 13.5. The van der Waals surface area contributed by atoms with E-state index in [-0.39, 0.29) is 27.2 Å². The lowest BCUT2D eigenvalue weighted by atomic mass is 9.91. The summed E-state index contributed by atoms with van der Waals surface area (Å²) in [5, 5.41) is 13.2. The van der Waals surface area contributed by atoms with Crippen LogP contribution in [0.5, 0.6) is 0 Å². The highest BCUT2D eigenvalue weighted by molar-refractivity contribution is 14.1. The van der Waals surface area contributed by atoms with Crippen LogP contribution >= 0.6 is 38.5 Å². The van der Waals surface area contributed by atoms with Gasteiger partial charge in [0.25, 0.3) is 0 Å². The first-order valence-electron chi connectivity index (χ1n) is 9.23. The van der Waals surface area contributed by atoms with Gasteiger partial charge in [-0.1, -0.05) is 12.1 Å². The number of nitrogens with zero attached hydrogens (tertiary/aromatic N) is 2. The Bertz CT molecular complexity index is 1170. The zero-order valence-electron chi connectivity index (χ0n) is 17.0. The molecule has 4 nitrogen and oxygen atoms in total. The van der Waals surface area contributed by atoms with E-state index in [0.29, 0.717) is 8.96 Å². The van der Waals surface area contributed by atoms with Crippen molar-refractivity contribution >= 4 is 55.2 Å². The van der Waals surface area contributed by atoms with E-state index >= 15 is 4.39 Å². The summed E-state index contributed by atoms with van der Waals surface area (Å²) in [5.41, 5.74) is -3.32. The van der Waals surface area contributed by atoms with Crippen molar-refractivity contribution in [2.75, 3.05) is 5.32 Å². The molecule has 1 aromatic heterocycles. The fourth-order valence-corrected chi connectivity index (χ4v) is 3.98. The van der Waals surface area contributed by atoms with Gasteiger partial charge in [0, 0.05) is 14.5 Å². The van der Waals surface area contributed by atoms with Crippen molar-refractivity contribution in [3.05, 3.63) is 60.9 Å². The standard InChI is InChI=1S/C21H19BrF4IN3O/c1-9(11-6-5-7-13(16(11)23)21(25,26)20(3,4)31)28-19-12-8-14(27)15(22)17(24)18(12)29-10(2)30-19/h5-9,31H,1-4H3,(H,28,29,30)/t9-/m1/s1. The van der Waals surface area contributed by atoms with E-state index in [0.717, 1.165) is 19.9 Å². The average molecular weight is 612 g/mol. The Kier molecular flexibility index (Phi) is 6.56. The van der Waals surface area contributed by atoms with Crippen LogP contribution in [-0.4, -0.2) is 20.7 Å². The van der Waals surface area contributed by atoms with Gasteiger partial charge >= 0.3 is 5.92 Å². The lowest BCUT2D eigenvalue weighted by Crippen LogP contribution is -2.41. The first-order chi connectivity index (χ1) is 14.3. The first kappa shape index (κ1) is 24.1. The highest BCUT2D eigenvalue weighted by Gasteiger charge is 2.49. The summed E-state index contributed by atoms with van der Waals surface area (Å²) in [6, 6.07) is 4.50. The number of aryl methyl sites for hydroxylation is 1. The van der Waals surface area contributed by atoms with Crippen LogP contribution < -0.4 is 5.32 Å². The van der Waals surface area contributed by atoms with Gasteiger partial charge in [0.05, 0.1) is 16.1 Å². The van der Waals surface area contributed by atoms with Crippen LogP contribution in [0.4, 0.5) is 23.4 Å². The number of aromatic nitrogens is 2. The maximum atomic E-state index is 15.1. The van der Waals surface area contributed by atoms with Crippen LogP contribution in [0.3, 0.4) is 0 Å². The molecule has 0 aliphatic heterocycles. The highest BCUT2D eigenvalue weighted by Crippen LogP contribution is 2.41. The van der Waals surface area contributed by atoms with Gasteiger partial charge in [0.2, 0.25) is 0 Å². The van der Waals surface area contributed by atoms with Crippen LogP contribution in [0.2, 0.25) is 0 Å². The molecular weight excluding hydrogens is 593 g/mol. The SMILES string of the molecule is Cc1nc(N[C@H](C)c2cccc(C(F)(F)C(C)(C)O)c2F)c2cc(I)c(Br)c(F)c2n1. The maximum Gasteiger partial charge on any atom is 0.303 e. The van der Waals surface area contributed by atoms with Gasteiger partial charge in [-0.05, 0) is 78.3 Å². The monoisotopic (exact) mass is 611 g/mol. The van der Waals surface area contributed by atoms with Gasteiger partial charge in [-0.15, -0.1) is 0 Å². The van der Waals surface area contributed by atoms with E-state index in [2.05, 4.69) is 31.2 Å². The summed E-state index contributed by atoms with van der Waals surface area (Å²) in [5.74, 6) is -4.96. The minimum absolute atomic E-state index is 0.0434. The second-order valence-electron chi connectivity index (χ2n) is 7.71. The van der Waals surface area contributed by atoms with Crippen molar-refractivity contribution in [2.45, 2.75) is 45.3 Å². The summed E-state index contributed by atoms with van der Waals surface area (Å²) in [4.78, 5) is 8.45. The third-order valence-electron chi connectivity index (χ3n) is 4.89. The minimum Gasteiger partial charge on any atom is -0.384 e. The number of halogens is 6. The van der Waals surface area contributed by atoms with Crippen LogP contribution in [0.1, 0.15) is 43.8 Å². The molecule has 0 aliphatic carbocycles. The second-order valence-corrected chi connectivity index (χ2v) is 9.67. The molecule has 3 rings (SSSR count). The van der Waals surface area contributed by atoms with Crippen LogP contribution in [0, 0.1) is 22.1 Å². The van der Waals surface area contributed by atoms with Crippen molar-refractivity contribution in [1.82, 2.24) is 9.97 Å². The molecule has 166 valence electrons. The van der Waals surface area contributed by atoms with Crippen molar-refractivity contribution < 1.29 is 22.7 Å². The first-order valence-corrected chi connectivity index (χ1v) is 11.1. The molecule has 1 heterocycles. The lowest BCUT2D eigenvalue weighted by molar-refractivity contribution is -0.170. The maximum absolute atomic E-state index is 15.1. The summed E-state index contributed by atoms with van der Waals surface area (Å²) < 4.78 is 59.9. The largest absolute Gasteiger partial charge is 0.384 e.